The van der Waals surface area contributed by atoms with Crippen molar-refractivity contribution >= 4 is 56.7 Å². The highest BCUT2D eigenvalue weighted by Gasteiger charge is 2.15. The number of carbonyl (C=O) groups is 1. The van der Waals surface area contributed by atoms with E-state index >= 15 is 0 Å². The van der Waals surface area contributed by atoms with E-state index in [1.807, 2.05) is 0 Å². The molecule has 1 aromatic carbocycles. The van der Waals surface area contributed by atoms with Crippen molar-refractivity contribution in [3.05, 3.63) is 34.9 Å². The van der Waals surface area contributed by atoms with E-state index in [2.05, 4.69) is 20.8 Å². The van der Waals surface area contributed by atoms with Crippen molar-refractivity contribution in [2.45, 2.75) is 25.5 Å². The van der Waals surface area contributed by atoms with Crippen molar-refractivity contribution in [3.63, 3.8) is 0 Å². The van der Waals surface area contributed by atoms with E-state index in [4.69, 9.17) is 23.8 Å². The molecule has 0 bridgehead atoms. The smallest absolute Gasteiger partial charge is 0.173 e. The molecule has 0 aromatic heterocycles. The average molecular weight is 319 g/mol. The minimum Gasteiger partial charge on any atom is -0.293 e. The number of Topliss-reactive ketones (excluding diaryl/α,β-unsaturated/α-hetero) is 1. The second-order valence-corrected chi connectivity index (χ2v) is 9.13. The Kier molecular flexibility index (Phi) is 6.18. The largest absolute Gasteiger partial charge is 0.293 e. The molecule has 0 fully saturated rings. The highest BCUT2D eigenvalue weighted by atomic mass is 35.5. The summed E-state index contributed by atoms with van der Waals surface area (Å²) in [4.78, 5) is 11.9. The molecule has 0 spiro atoms. The summed E-state index contributed by atoms with van der Waals surface area (Å²) in [5.41, 5.74) is 0.676. The topological polar surface area (TPSA) is 17.1 Å². The van der Waals surface area contributed by atoms with Crippen LogP contribution in [0.15, 0.2) is 24.3 Å². The predicted octanol–water partition coefficient (Wildman–Crippen LogP) is 5.07. The molecule has 18 heavy (non-hydrogen) atoms. The minimum absolute atomic E-state index is 0.0773. The number of thioether (sulfide) groups is 2. The van der Waals surface area contributed by atoms with Crippen molar-refractivity contribution in [1.82, 2.24) is 0 Å². The van der Waals surface area contributed by atoms with Crippen molar-refractivity contribution in [1.29, 1.82) is 0 Å². The Bertz CT molecular complexity index is 435. The van der Waals surface area contributed by atoms with Gasteiger partial charge >= 0.3 is 0 Å². The van der Waals surface area contributed by atoms with Crippen LogP contribution in [0.25, 0.3) is 0 Å². The molecule has 0 saturated heterocycles. The molecule has 0 radical (unpaired) electrons. The van der Waals surface area contributed by atoms with Gasteiger partial charge in [-0.3, -0.25) is 4.79 Å². The molecular formula is C13H15ClOS3. The molecule has 0 aliphatic rings. The Morgan fingerprint density at radius 1 is 1.28 bits per heavy atom. The van der Waals surface area contributed by atoms with Gasteiger partial charge in [-0.15, -0.1) is 11.8 Å². The molecule has 0 aliphatic heterocycles. The van der Waals surface area contributed by atoms with Gasteiger partial charge in [0.1, 0.15) is 3.53 Å². The van der Waals surface area contributed by atoms with Crippen LogP contribution in [0.2, 0.25) is 5.02 Å². The Morgan fingerprint density at radius 3 is 2.33 bits per heavy atom. The summed E-state index contributed by atoms with van der Waals surface area (Å²) in [6.45, 7) is 6.31. The molecule has 1 rings (SSSR count). The highest BCUT2D eigenvalue weighted by Crippen LogP contribution is 2.30. The molecule has 0 unspecified atom stereocenters. The number of carbonyl (C=O) groups excluding carboxylic acids is 1. The normalized spacial score (nSPS) is 11.3. The van der Waals surface area contributed by atoms with Crippen molar-refractivity contribution < 1.29 is 4.79 Å². The fourth-order valence-electron chi connectivity index (χ4n) is 1.12. The molecule has 0 aliphatic carbocycles. The Hall–Kier alpha value is -0.0300. The lowest BCUT2D eigenvalue weighted by Crippen LogP contribution is -2.10. The fraction of sp³-hybridized carbons (Fsp3) is 0.385. The zero-order chi connectivity index (χ0) is 13.8. The predicted molar refractivity (Wildman–Crippen MR) is 88.2 cm³/mol. The maximum absolute atomic E-state index is 11.9. The van der Waals surface area contributed by atoms with Gasteiger partial charge < -0.3 is 0 Å². The molecule has 0 saturated carbocycles. The zero-order valence-electron chi connectivity index (χ0n) is 10.5. The maximum atomic E-state index is 11.9. The first-order valence-electron chi connectivity index (χ1n) is 5.42. The van der Waals surface area contributed by atoms with Crippen LogP contribution in [0.1, 0.15) is 31.1 Å². The van der Waals surface area contributed by atoms with Crippen molar-refractivity contribution in [3.8, 4) is 0 Å². The van der Waals surface area contributed by atoms with E-state index in [9.17, 15) is 4.79 Å². The number of rotatable bonds is 3. The maximum Gasteiger partial charge on any atom is 0.173 e. The number of ketones is 1. The third-order valence-electron chi connectivity index (χ3n) is 1.88. The first-order valence-corrected chi connectivity index (χ1v) is 8.01. The van der Waals surface area contributed by atoms with Crippen molar-refractivity contribution in [2.24, 2.45) is 0 Å². The van der Waals surface area contributed by atoms with E-state index in [1.165, 1.54) is 11.8 Å². The Morgan fingerprint density at radius 2 is 1.83 bits per heavy atom. The van der Waals surface area contributed by atoms with Gasteiger partial charge in [0.15, 0.2) is 5.78 Å². The van der Waals surface area contributed by atoms with Gasteiger partial charge in [-0.05, 0) is 24.3 Å². The van der Waals surface area contributed by atoms with E-state index in [0.29, 0.717) is 16.3 Å². The molecule has 0 heterocycles. The van der Waals surface area contributed by atoms with Crippen LogP contribution in [0.4, 0.5) is 0 Å². The highest BCUT2D eigenvalue weighted by molar-refractivity contribution is 8.47. The quantitative estimate of drug-likeness (QED) is 0.571. The van der Waals surface area contributed by atoms with Gasteiger partial charge in [-0.1, -0.05) is 56.4 Å². The van der Waals surface area contributed by atoms with Crippen LogP contribution >= 0.6 is 47.3 Å². The second-order valence-electron chi connectivity index (χ2n) is 4.68. The summed E-state index contributed by atoms with van der Waals surface area (Å²) >= 11 is 14.1. The summed E-state index contributed by atoms with van der Waals surface area (Å²) in [6.07, 6.45) is 0. The number of thiocarbonyl (C=S) groups is 1. The van der Waals surface area contributed by atoms with Gasteiger partial charge in [-0.25, -0.2) is 0 Å². The zero-order valence-corrected chi connectivity index (χ0v) is 13.7. The van der Waals surface area contributed by atoms with Gasteiger partial charge in [0.05, 0.1) is 5.75 Å². The van der Waals surface area contributed by atoms with Crippen LogP contribution in [0.3, 0.4) is 0 Å². The number of hydrogen-bond donors (Lipinski definition) is 0. The van der Waals surface area contributed by atoms with Crippen LogP contribution in [-0.2, 0) is 0 Å². The molecule has 0 amide bonds. The van der Waals surface area contributed by atoms with Gasteiger partial charge in [0.25, 0.3) is 0 Å². The first kappa shape index (κ1) is 16.0. The van der Waals surface area contributed by atoms with Crippen LogP contribution < -0.4 is 0 Å². The first-order chi connectivity index (χ1) is 8.28. The summed E-state index contributed by atoms with van der Waals surface area (Å²) in [6, 6.07) is 6.93. The molecule has 1 aromatic rings. The Labute approximate surface area is 127 Å². The standard InChI is InChI=1S/C13H15ClOS3/c1-13(2,3)18-12(16)17-8-11(15)9-4-6-10(14)7-5-9/h4-7H,8H2,1-3H3. The molecule has 0 atom stereocenters. The number of benzene rings is 1. The molecule has 98 valence electrons. The van der Waals surface area contributed by atoms with Crippen molar-refractivity contribution in [2.75, 3.05) is 5.75 Å². The fourth-order valence-corrected chi connectivity index (χ4v) is 4.25. The van der Waals surface area contributed by atoms with Gasteiger partial charge in [0, 0.05) is 15.3 Å². The average Bonchev–Trinajstić information content (AvgIpc) is 2.24. The summed E-state index contributed by atoms with van der Waals surface area (Å²) in [7, 11) is 0. The lowest BCUT2D eigenvalue weighted by atomic mass is 10.1. The molecule has 1 nitrogen and oxygen atoms in total. The van der Waals surface area contributed by atoms with Crippen LogP contribution in [-0.4, -0.2) is 19.8 Å². The van der Waals surface area contributed by atoms with E-state index in [0.717, 1.165) is 3.53 Å². The SMILES string of the molecule is CC(C)(C)SC(=S)SCC(=O)c1ccc(Cl)cc1. The van der Waals surface area contributed by atoms with Gasteiger partial charge in [0.2, 0.25) is 0 Å². The number of hydrogen-bond acceptors (Lipinski definition) is 4. The molecule has 0 N–H and O–H groups in total. The van der Waals surface area contributed by atoms with Crippen LogP contribution in [0, 0.1) is 0 Å². The molecule has 5 heteroatoms. The van der Waals surface area contributed by atoms with Crippen LogP contribution in [0.5, 0.6) is 0 Å². The van der Waals surface area contributed by atoms with Gasteiger partial charge in [-0.2, -0.15) is 0 Å². The third-order valence-corrected chi connectivity index (χ3v) is 4.76. The number of halogens is 1. The lowest BCUT2D eigenvalue weighted by Gasteiger charge is -2.17. The third kappa shape index (κ3) is 6.23. The minimum atomic E-state index is 0.0773. The van der Waals surface area contributed by atoms with E-state index < -0.39 is 0 Å². The Balaban J connectivity index is 2.47. The monoisotopic (exact) mass is 318 g/mol. The van der Waals surface area contributed by atoms with E-state index in [-0.39, 0.29) is 10.5 Å². The second kappa shape index (κ2) is 6.94. The summed E-state index contributed by atoms with van der Waals surface area (Å²) in [5.74, 6) is 0.456. The summed E-state index contributed by atoms with van der Waals surface area (Å²) in [5, 5.41) is 0.637. The lowest BCUT2D eigenvalue weighted by molar-refractivity contribution is 0.102. The van der Waals surface area contributed by atoms with E-state index in [1.54, 1.807) is 36.0 Å². The summed E-state index contributed by atoms with van der Waals surface area (Å²) < 4.78 is 0.901. The molecular weight excluding hydrogens is 304 g/mol.